The Balaban J connectivity index is 3.18. The van der Waals surface area contributed by atoms with Gasteiger partial charge >= 0.3 is 0 Å². The molecule has 0 aliphatic carbocycles. The fraction of sp³-hybridized carbons (Fsp3) is 0.545. The van der Waals surface area contributed by atoms with Gasteiger partial charge in [0.1, 0.15) is 4.90 Å². The number of sulfonamides is 1. The Kier molecular flexibility index (Phi) is 5.06. The molecule has 0 saturated heterocycles. The molecule has 3 N–H and O–H groups in total. The standard InChI is InChI=1S/C11H20N4O2S/c1-4-15(8-9(2)3)18(16,17)10-6-5-7-13-11(10)14-12/h5-7,9H,4,8,12H2,1-3H3,(H,13,14). The van der Waals surface area contributed by atoms with Gasteiger partial charge in [-0.05, 0) is 18.1 Å². The van der Waals surface area contributed by atoms with Crippen molar-refractivity contribution in [2.75, 3.05) is 18.5 Å². The fourth-order valence-electron chi connectivity index (χ4n) is 1.65. The van der Waals surface area contributed by atoms with E-state index in [9.17, 15) is 8.42 Å². The van der Waals surface area contributed by atoms with Crippen LogP contribution in [0.5, 0.6) is 0 Å². The first kappa shape index (κ1) is 14.9. The van der Waals surface area contributed by atoms with Gasteiger partial charge in [-0.15, -0.1) is 0 Å². The lowest BCUT2D eigenvalue weighted by molar-refractivity contribution is 0.381. The Morgan fingerprint density at radius 1 is 1.50 bits per heavy atom. The van der Waals surface area contributed by atoms with E-state index in [-0.39, 0.29) is 16.6 Å². The predicted molar refractivity (Wildman–Crippen MR) is 71.3 cm³/mol. The lowest BCUT2D eigenvalue weighted by Gasteiger charge is -2.23. The van der Waals surface area contributed by atoms with Crippen LogP contribution in [0.2, 0.25) is 0 Å². The number of anilines is 1. The van der Waals surface area contributed by atoms with Gasteiger partial charge < -0.3 is 5.43 Å². The van der Waals surface area contributed by atoms with Crippen LogP contribution in [0.25, 0.3) is 0 Å². The summed E-state index contributed by atoms with van der Waals surface area (Å²) < 4.78 is 26.4. The lowest BCUT2D eigenvalue weighted by atomic mass is 10.2. The van der Waals surface area contributed by atoms with Crippen molar-refractivity contribution in [2.45, 2.75) is 25.7 Å². The number of pyridine rings is 1. The van der Waals surface area contributed by atoms with Crippen LogP contribution in [-0.4, -0.2) is 30.8 Å². The molecule has 6 nitrogen and oxygen atoms in total. The van der Waals surface area contributed by atoms with E-state index in [0.717, 1.165) is 0 Å². The first-order valence-electron chi connectivity index (χ1n) is 5.85. The molecule has 1 rings (SSSR count). The van der Waals surface area contributed by atoms with Crippen LogP contribution in [0, 0.1) is 5.92 Å². The van der Waals surface area contributed by atoms with Crippen LogP contribution in [0.15, 0.2) is 23.2 Å². The van der Waals surface area contributed by atoms with Gasteiger partial charge in [-0.1, -0.05) is 20.8 Å². The minimum absolute atomic E-state index is 0.106. The fourth-order valence-corrected chi connectivity index (χ4v) is 3.37. The van der Waals surface area contributed by atoms with Gasteiger partial charge in [-0.2, -0.15) is 4.31 Å². The zero-order chi connectivity index (χ0) is 13.8. The molecular formula is C11H20N4O2S. The molecule has 18 heavy (non-hydrogen) atoms. The molecule has 0 aromatic carbocycles. The lowest BCUT2D eigenvalue weighted by Crippen LogP contribution is -2.34. The highest BCUT2D eigenvalue weighted by Crippen LogP contribution is 2.22. The third kappa shape index (κ3) is 3.18. The largest absolute Gasteiger partial charge is 0.307 e. The van der Waals surface area contributed by atoms with Crippen LogP contribution in [0.4, 0.5) is 5.82 Å². The van der Waals surface area contributed by atoms with Crippen molar-refractivity contribution >= 4 is 15.8 Å². The second-order valence-corrected chi connectivity index (χ2v) is 6.25. The average molecular weight is 272 g/mol. The Morgan fingerprint density at radius 3 is 2.67 bits per heavy atom. The van der Waals surface area contributed by atoms with Crippen LogP contribution in [0.3, 0.4) is 0 Å². The van der Waals surface area contributed by atoms with Crippen molar-refractivity contribution < 1.29 is 8.42 Å². The second kappa shape index (κ2) is 6.12. The summed E-state index contributed by atoms with van der Waals surface area (Å²) in [5.74, 6) is 5.72. The third-order valence-corrected chi connectivity index (χ3v) is 4.42. The summed E-state index contributed by atoms with van der Waals surface area (Å²) in [5.41, 5.74) is 2.32. The molecule has 0 amide bonds. The molecule has 102 valence electrons. The van der Waals surface area contributed by atoms with Crippen molar-refractivity contribution in [3.05, 3.63) is 18.3 Å². The average Bonchev–Trinajstić information content (AvgIpc) is 2.35. The summed E-state index contributed by atoms with van der Waals surface area (Å²) in [6, 6.07) is 3.08. The van der Waals surface area contributed by atoms with Crippen LogP contribution in [0.1, 0.15) is 20.8 Å². The minimum atomic E-state index is -3.56. The Bertz CT molecular complexity index is 488. The van der Waals surface area contributed by atoms with E-state index < -0.39 is 10.0 Å². The van der Waals surface area contributed by atoms with Crippen molar-refractivity contribution in [1.29, 1.82) is 0 Å². The number of nitrogens with zero attached hydrogens (tertiary/aromatic N) is 2. The monoisotopic (exact) mass is 272 g/mol. The van der Waals surface area contributed by atoms with Crippen molar-refractivity contribution in [2.24, 2.45) is 11.8 Å². The summed E-state index contributed by atoms with van der Waals surface area (Å²) in [7, 11) is -3.56. The predicted octanol–water partition coefficient (Wildman–Crippen LogP) is 1.03. The summed E-state index contributed by atoms with van der Waals surface area (Å²) in [6.45, 7) is 6.65. The Labute approximate surface area is 108 Å². The van der Waals surface area contributed by atoms with Gasteiger partial charge in [0.15, 0.2) is 5.82 Å². The van der Waals surface area contributed by atoms with Gasteiger partial charge in [-0.3, -0.25) is 0 Å². The smallest absolute Gasteiger partial charge is 0.246 e. The van der Waals surface area contributed by atoms with E-state index in [4.69, 9.17) is 5.84 Å². The van der Waals surface area contributed by atoms with Crippen LogP contribution in [-0.2, 0) is 10.0 Å². The topological polar surface area (TPSA) is 88.3 Å². The maximum Gasteiger partial charge on any atom is 0.246 e. The normalized spacial score (nSPS) is 12.1. The number of nitrogens with one attached hydrogen (secondary N) is 1. The molecule has 0 radical (unpaired) electrons. The Hall–Kier alpha value is -1.18. The molecule has 0 saturated carbocycles. The number of rotatable bonds is 6. The summed E-state index contributed by atoms with van der Waals surface area (Å²) in [6.07, 6.45) is 1.49. The zero-order valence-electron chi connectivity index (χ0n) is 10.9. The highest BCUT2D eigenvalue weighted by Gasteiger charge is 2.26. The molecule has 0 unspecified atom stereocenters. The van der Waals surface area contributed by atoms with E-state index in [1.54, 1.807) is 6.07 Å². The quantitative estimate of drug-likeness (QED) is 0.596. The van der Waals surface area contributed by atoms with Gasteiger partial charge in [-0.25, -0.2) is 19.2 Å². The van der Waals surface area contributed by atoms with E-state index in [1.165, 1.54) is 16.6 Å². The summed E-state index contributed by atoms with van der Waals surface area (Å²) >= 11 is 0. The molecule has 0 aliphatic rings. The van der Waals surface area contributed by atoms with E-state index >= 15 is 0 Å². The van der Waals surface area contributed by atoms with Crippen molar-refractivity contribution in [3.8, 4) is 0 Å². The highest BCUT2D eigenvalue weighted by atomic mass is 32.2. The number of hydrazine groups is 1. The van der Waals surface area contributed by atoms with E-state index in [2.05, 4.69) is 10.4 Å². The number of hydrogen-bond donors (Lipinski definition) is 2. The number of nitrogens with two attached hydrogens (primary N) is 1. The molecule has 1 heterocycles. The van der Waals surface area contributed by atoms with Crippen molar-refractivity contribution in [1.82, 2.24) is 9.29 Å². The molecular weight excluding hydrogens is 252 g/mol. The molecule has 1 aromatic heterocycles. The number of aromatic nitrogens is 1. The molecule has 0 aliphatic heterocycles. The summed E-state index contributed by atoms with van der Waals surface area (Å²) in [5, 5.41) is 0. The molecule has 0 bridgehead atoms. The van der Waals surface area contributed by atoms with Crippen molar-refractivity contribution in [3.63, 3.8) is 0 Å². The van der Waals surface area contributed by atoms with Gasteiger partial charge in [0.25, 0.3) is 0 Å². The maximum atomic E-state index is 12.5. The highest BCUT2D eigenvalue weighted by molar-refractivity contribution is 7.89. The third-order valence-electron chi connectivity index (χ3n) is 2.45. The van der Waals surface area contributed by atoms with E-state index in [1.807, 2.05) is 20.8 Å². The second-order valence-electron chi connectivity index (χ2n) is 4.34. The Morgan fingerprint density at radius 2 is 2.17 bits per heavy atom. The zero-order valence-corrected chi connectivity index (χ0v) is 11.7. The maximum absolute atomic E-state index is 12.5. The molecule has 0 spiro atoms. The minimum Gasteiger partial charge on any atom is -0.307 e. The van der Waals surface area contributed by atoms with Gasteiger partial charge in [0.2, 0.25) is 10.0 Å². The number of nitrogen functional groups attached to an aromatic ring is 1. The molecule has 7 heteroatoms. The molecule has 1 aromatic rings. The van der Waals surface area contributed by atoms with Gasteiger partial charge in [0.05, 0.1) is 0 Å². The summed E-state index contributed by atoms with van der Waals surface area (Å²) in [4.78, 5) is 4.02. The van der Waals surface area contributed by atoms with E-state index in [0.29, 0.717) is 13.1 Å². The molecule has 0 atom stereocenters. The van der Waals surface area contributed by atoms with Gasteiger partial charge in [0, 0.05) is 19.3 Å². The first-order valence-corrected chi connectivity index (χ1v) is 7.29. The SMILES string of the molecule is CCN(CC(C)C)S(=O)(=O)c1cccnc1NN. The molecule has 0 fully saturated rings. The van der Waals surface area contributed by atoms with Crippen LogP contribution < -0.4 is 11.3 Å². The van der Waals surface area contributed by atoms with Crippen LogP contribution >= 0.6 is 0 Å². The first-order chi connectivity index (χ1) is 8.43. The number of hydrogen-bond acceptors (Lipinski definition) is 5.